The van der Waals surface area contributed by atoms with Crippen LogP contribution in [0.3, 0.4) is 0 Å². The largest absolute Gasteiger partial charge is 0.468 e. The Kier molecular flexibility index (Phi) is 5.80. The second kappa shape index (κ2) is 8.31. The highest BCUT2D eigenvalue weighted by Crippen LogP contribution is 2.35. The normalized spacial score (nSPS) is 18.9. The van der Waals surface area contributed by atoms with E-state index in [-0.39, 0.29) is 5.97 Å². The van der Waals surface area contributed by atoms with Crippen molar-refractivity contribution in [2.24, 2.45) is 0 Å². The van der Waals surface area contributed by atoms with E-state index in [2.05, 4.69) is 28.5 Å². The Morgan fingerprint density at radius 1 is 1.04 bits per heavy atom. The highest BCUT2D eigenvalue weighted by atomic mass is 32.1. The number of nitrogens with zero attached hydrogens (tertiary/aromatic N) is 5. The molecule has 0 bridgehead atoms. The molecule has 2 fully saturated rings. The molecule has 4 rings (SSSR count). The van der Waals surface area contributed by atoms with Gasteiger partial charge in [-0.1, -0.05) is 0 Å². The summed E-state index contributed by atoms with van der Waals surface area (Å²) < 4.78 is 4.80. The maximum atomic E-state index is 11.6. The Balaban J connectivity index is 1.59. The number of methoxy groups -OCH3 is 1. The van der Waals surface area contributed by atoms with Gasteiger partial charge in [0.25, 0.3) is 0 Å². The molecule has 0 unspecified atom stereocenters. The van der Waals surface area contributed by atoms with Gasteiger partial charge in [0.05, 0.1) is 25.6 Å². The third kappa shape index (κ3) is 3.99. The summed E-state index contributed by atoms with van der Waals surface area (Å²) in [7, 11) is 1.44. The van der Waals surface area contributed by atoms with Crippen molar-refractivity contribution in [3.63, 3.8) is 0 Å². The van der Waals surface area contributed by atoms with Crippen molar-refractivity contribution in [2.75, 3.05) is 57.8 Å². The minimum Gasteiger partial charge on any atom is -0.468 e. The number of fused-ring (bicyclic) bond motifs is 1. The summed E-state index contributed by atoms with van der Waals surface area (Å²) >= 11 is 1.77. The molecule has 0 amide bonds. The molecule has 0 saturated carbocycles. The number of hydrogen-bond acceptors (Lipinski definition) is 8. The molecule has 7 nitrogen and oxygen atoms in total. The number of hydrogen-bond donors (Lipinski definition) is 0. The number of rotatable bonds is 5. The number of carbonyl (C=O) groups excluding carboxylic acids is 1. The molecule has 2 saturated heterocycles. The van der Waals surface area contributed by atoms with Gasteiger partial charge in [-0.3, -0.25) is 14.6 Å². The van der Waals surface area contributed by atoms with E-state index < -0.39 is 0 Å². The van der Waals surface area contributed by atoms with E-state index in [1.807, 2.05) is 0 Å². The third-order valence-corrected chi connectivity index (χ3v) is 6.97. The van der Waals surface area contributed by atoms with E-state index in [4.69, 9.17) is 14.7 Å². The number of likely N-dealkylation sites (tertiary alicyclic amines) is 1. The molecule has 0 aromatic carbocycles. The van der Waals surface area contributed by atoms with Crippen LogP contribution in [0.1, 0.15) is 29.1 Å². The number of carbonyl (C=O) groups is 1. The number of anilines is 1. The number of ether oxygens (including phenoxy) is 1. The first kappa shape index (κ1) is 19.5. The predicted molar refractivity (Wildman–Crippen MR) is 112 cm³/mol. The lowest BCUT2D eigenvalue weighted by atomic mass is 10.2. The van der Waals surface area contributed by atoms with Crippen LogP contribution < -0.4 is 4.90 Å². The average molecular weight is 404 g/mol. The van der Waals surface area contributed by atoms with Crippen LogP contribution in [0.5, 0.6) is 0 Å². The summed E-state index contributed by atoms with van der Waals surface area (Å²) in [5.41, 5.74) is 1.29. The van der Waals surface area contributed by atoms with Crippen LogP contribution >= 0.6 is 11.3 Å². The summed E-state index contributed by atoms with van der Waals surface area (Å²) in [6, 6.07) is 0. The van der Waals surface area contributed by atoms with Gasteiger partial charge in [-0.2, -0.15) is 0 Å². The summed E-state index contributed by atoms with van der Waals surface area (Å²) in [5.74, 6) is 1.83. The molecule has 28 heavy (non-hydrogen) atoms. The van der Waals surface area contributed by atoms with Crippen molar-refractivity contribution < 1.29 is 9.53 Å². The highest BCUT2D eigenvalue weighted by molar-refractivity contribution is 7.18. The highest BCUT2D eigenvalue weighted by Gasteiger charge is 2.25. The maximum absolute atomic E-state index is 11.6. The van der Waals surface area contributed by atoms with Crippen LogP contribution in [-0.2, 0) is 16.1 Å². The van der Waals surface area contributed by atoms with Gasteiger partial charge in [-0.25, -0.2) is 9.97 Å². The Hall–Kier alpha value is -1.77. The molecule has 152 valence electrons. The Morgan fingerprint density at radius 3 is 2.43 bits per heavy atom. The molecule has 4 heterocycles. The zero-order chi connectivity index (χ0) is 19.7. The average Bonchev–Trinajstić information content (AvgIpc) is 3.30. The van der Waals surface area contributed by atoms with Gasteiger partial charge in [0, 0.05) is 31.1 Å². The molecule has 2 aliphatic rings. The van der Waals surface area contributed by atoms with E-state index in [9.17, 15) is 4.79 Å². The molecule has 2 aliphatic heterocycles. The first-order valence-electron chi connectivity index (χ1n) is 10.1. The summed E-state index contributed by atoms with van der Waals surface area (Å²) in [5, 5.41) is 1.20. The number of thiophene rings is 1. The smallest absolute Gasteiger partial charge is 0.319 e. The van der Waals surface area contributed by atoms with Crippen molar-refractivity contribution >= 4 is 33.3 Å². The zero-order valence-electron chi connectivity index (χ0n) is 17.0. The predicted octanol–water partition coefficient (Wildman–Crippen LogP) is 2.20. The second-order valence-corrected chi connectivity index (χ2v) is 8.95. The van der Waals surface area contributed by atoms with E-state index in [1.54, 1.807) is 11.3 Å². The molecule has 0 spiro atoms. The number of esters is 1. The van der Waals surface area contributed by atoms with Gasteiger partial charge >= 0.3 is 5.97 Å². The van der Waals surface area contributed by atoms with Crippen LogP contribution in [0.15, 0.2) is 0 Å². The maximum Gasteiger partial charge on any atom is 0.319 e. The van der Waals surface area contributed by atoms with Crippen LogP contribution in [0, 0.1) is 13.8 Å². The van der Waals surface area contributed by atoms with Crippen LogP contribution in [0.2, 0.25) is 0 Å². The molecule has 0 N–H and O–H groups in total. The lowest BCUT2D eigenvalue weighted by Crippen LogP contribution is -2.48. The molecule has 2 aromatic rings. The SMILES string of the molecule is COC(=O)CN1CCN(c2nc(CN3CCCC3)nc3sc(C)c(C)c23)CC1. The van der Waals surface area contributed by atoms with Gasteiger partial charge in [0.15, 0.2) is 0 Å². The van der Waals surface area contributed by atoms with Crippen LogP contribution in [0.25, 0.3) is 10.2 Å². The fraction of sp³-hybridized carbons (Fsp3) is 0.650. The number of aryl methyl sites for hydroxylation is 2. The van der Waals surface area contributed by atoms with Gasteiger partial charge in [-0.15, -0.1) is 11.3 Å². The van der Waals surface area contributed by atoms with Crippen molar-refractivity contribution in [2.45, 2.75) is 33.2 Å². The van der Waals surface area contributed by atoms with Crippen LogP contribution in [0.4, 0.5) is 5.82 Å². The van der Waals surface area contributed by atoms with E-state index in [0.29, 0.717) is 6.54 Å². The Bertz CT molecular complexity index is 854. The molecular weight excluding hydrogens is 374 g/mol. The van der Waals surface area contributed by atoms with E-state index in [1.165, 1.54) is 35.8 Å². The monoisotopic (exact) mass is 403 g/mol. The second-order valence-electron chi connectivity index (χ2n) is 7.75. The molecule has 0 radical (unpaired) electrons. The van der Waals surface area contributed by atoms with Crippen molar-refractivity contribution in [3.8, 4) is 0 Å². The Labute approximate surface area is 170 Å². The van der Waals surface area contributed by atoms with Crippen molar-refractivity contribution in [1.29, 1.82) is 0 Å². The number of piperazine rings is 1. The van der Waals surface area contributed by atoms with E-state index >= 15 is 0 Å². The van der Waals surface area contributed by atoms with Gasteiger partial charge in [0.1, 0.15) is 16.5 Å². The van der Waals surface area contributed by atoms with Gasteiger partial charge in [0.2, 0.25) is 0 Å². The van der Waals surface area contributed by atoms with E-state index in [0.717, 1.165) is 62.3 Å². The fourth-order valence-electron chi connectivity index (χ4n) is 4.08. The summed E-state index contributed by atoms with van der Waals surface area (Å²) in [6.07, 6.45) is 2.54. The van der Waals surface area contributed by atoms with Gasteiger partial charge < -0.3 is 9.64 Å². The lowest BCUT2D eigenvalue weighted by molar-refractivity contribution is -0.142. The van der Waals surface area contributed by atoms with Gasteiger partial charge in [-0.05, 0) is 45.3 Å². The van der Waals surface area contributed by atoms with Crippen LogP contribution in [-0.4, -0.2) is 78.7 Å². The topological polar surface area (TPSA) is 61.8 Å². The molecule has 0 aliphatic carbocycles. The number of aromatic nitrogens is 2. The zero-order valence-corrected chi connectivity index (χ0v) is 17.8. The third-order valence-electron chi connectivity index (χ3n) is 5.87. The molecule has 8 heteroatoms. The lowest BCUT2D eigenvalue weighted by Gasteiger charge is -2.35. The fourth-order valence-corrected chi connectivity index (χ4v) is 5.12. The quantitative estimate of drug-likeness (QED) is 0.709. The first-order chi connectivity index (χ1) is 13.5. The molecular formula is C20H29N5O2S. The first-order valence-corrected chi connectivity index (χ1v) is 10.9. The molecule has 0 atom stereocenters. The van der Waals surface area contributed by atoms with Crippen molar-refractivity contribution in [1.82, 2.24) is 19.8 Å². The summed E-state index contributed by atoms with van der Waals surface area (Å²) in [6.45, 7) is 11.2. The molecule has 2 aromatic heterocycles. The minimum atomic E-state index is -0.171. The standard InChI is InChI=1S/C20H29N5O2S/c1-14-15(2)28-20-18(14)19(21-16(22-20)12-23-6-4-5-7-23)25-10-8-24(9-11-25)13-17(26)27-3/h4-13H2,1-3H3. The van der Waals surface area contributed by atoms with Crippen molar-refractivity contribution in [3.05, 3.63) is 16.3 Å². The summed E-state index contributed by atoms with van der Waals surface area (Å²) in [4.78, 5) is 30.9. The Morgan fingerprint density at radius 2 is 1.75 bits per heavy atom. The minimum absolute atomic E-state index is 0.171.